The molecule has 3 rings (SSSR count). The fraction of sp³-hybridized carbons (Fsp3) is 0.571. The summed E-state index contributed by atoms with van der Waals surface area (Å²) in [5.41, 5.74) is 2.91. The van der Waals surface area contributed by atoms with Gasteiger partial charge in [-0.25, -0.2) is 0 Å². The van der Waals surface area contributed by atoms with Gasteiger partial charge in [-0.1, -0.05) is 17.7 Å². The number of rotatable bonds is 3. The van der Waals surface area contributed by atoms with E-state index in [0.29, 0.717) is 12.1 Å². The van der Waals surface area contributed by atoms with Crippen LogP contribution in [0.1, 0.15) is 43.4 Å². The van der Waals surface area contributed by atoms with Gasteiger partial charge in [0.05, 0.1) is 0 Å². The van der Waals surface area contributed by atoms with Gasteiger partial charge in [-0.3, -0.25) is 0 Å². The first kappa shape index (κ1) is 10.6. The molecule has 2 atom stereocenters. The van der Waals surface area contributed by atoms with Crippen molar-refractivity contribution >= 4 is 11.6 Å². The minimum Gasteiger partial charge on any atom is -0.307 e. The molecule has 0 radical (unpaired) electrons. The first-order valence-electron chi connectivity index (χ1n) is 6.28. The molecule has 2 heteroatoms. The van der Waals surface area contributed by atoms with Crippen LogP contribution >= 0.6 is 11.6 Å². The number of halogens is 1. The number of nitrogens with one attached hydrogen (secondary N) is 1. The molecule has 1 aromatic rings. The monoisotopic (exact) mass is 235 g/mol. The Balaban J connectivity index is 1.76. The van der Waals surface area contributed by atoms with Gasteiger partial charge < -0.3 is 5.32 Å². The molecule has 1 nitrogen and oxygen atoms in total. The van der Waals surface area contributed by atoms with E-state index in [1.807, 2.05) is 6.07 Å². The zero-order valence-electron chi connectivity index (χ0n) is 9.67. The molecule has 1 N–H and O–H groups in total. The van der Waals surface area contributed by atoms with Crippen molar-refractivity contribution in [2.75, 3.05) is 0 Å². The van der Waals surface area contributed by atoms with Crippen molar-refractivity contribution in [3.05, 3.63) is 34.3 Å². The first-order chi connectivity index (χ1) is 7.74. The number of hydrogen-bond acceptors (Lipinski definition) is 1. The lowest BCUT2D eigenvalue weighted by Crippen LogP contribution is -2.30. The van der Waals surface area contributed by atoms with Crippen molar-refractivity contribution < 1.29 is 0 Å². The molecule has 16 heavy (non-hydrogen) atoms. The lowest BCUT2D eigenvalue weighted by atomic mass is 10.1. The molecule has 2 aliphatic carbocycles. The third-order valence-corrected chi connectivity index (χ3v) is 4.21. The highest BCUT2D eigenvalue weighted by atomic mass is 35.5. The van der Waals surface area contributed by atoms with Crippen LogP contribution in [0.15, 0.2) is 18.2 Å². The first-order valence-corrected chi connectivity index (χ1v) is 6.66. The summed E-state index contributed by atoms with van der Waals surface area (Å²) < 4.78 is 0. The molecule has 0 heterocycles. The van der Waals surface area contributed by atoms with Gasteiger partial charge in [0.1, 0.15) is 0 Å². The average molecular weight is 236 g/mol. The van der Waals surface area contributed by atoms with Crippen LogP contribution in [0.5, 0.6) is 0 Å². The predicted molar refractivity (Wildman–Crippen MR) is 67.8 cm³/mol. The Morgan fingerprint density at radius 1 is 1.31 bits per heavy atom. The molecular formula is C14H18ClN. The maximum Gasteiger partial charge on any atom is 0.0409 e. The van der Waals surface area contributed by atoms with Gasteiger partial charge in [0.25, 0.3) is 0 Å². The van der Waals surface area contributed by atoms with Crippen LogP contribution in [0.3, 0.4) is 0 Å². The maximum absolute atomic E-state index is 6.07. The molecule has 1 aromatic carbocycles. The number of fused-ring (bicyclic) bond motifs is 1. The Morgan fingerprint density at radius 2 is 2.12 bits per heavy atom. The topological polar surface area (TPSA) is 12.0 Å². The zero-order valence-corrected chi connectivity index (χ0v) is 10.4. The van der Waals surface area contributed by atoms with Crippen molar-refractivity contribution in [3.8, 4) is 0 Å². The molecule has 86 valence electrons. The van der Waals surface area contributed by atoms with Crippen LogP contribution in [0.25, 0.3) is 0 Å². The maximum atomic E-state index is 6.07. The van der Waals surface area contributed by atoms with E-state index in [1.165, 1.54) is 36.8 Å². The van der Waals surface area contributed by atoms with Crippen molar-refractivity contribution in [1.29, 1.82) is 0 Å². The van der Waals surface area contributed by atoms with E-state index in [1.54, 1.807) is 0 Å². The molecule has 0 amide bonds. The molecule has 0 spiro atoms. The van der Waals surface area contributed by atoms with Crippen LogP contribution in [0.4, 0.5) is 0 Å². The summed E-state index contributed by atoms with van der Waals surface area (Å²) in [6.45, 7) is 2.32. The van der Waals surface area contributed by atoms with E-state index in [4.69, 9.17) is 11.6 Å². The quantitative estimate of drug-likeness (QED) is 0.842. The minimum atomic E-state index is 0.532. The summed E-state index contributed by atoms with van der Waals surface area (Å²) in [6, 6.07) is 7.52. The summed E-state index contributed by atoms with van der Waals surface area (Å²) in [7, 11) is 0. The van der Waals surface area contributed by atoms with Crippen molar-refractivity contribution in [3.63, 3.8) is 0 Å². The Labute approximate surface area is 102 Å². The second-order valence-electron chi connectivity index (χ2n) is 5.23. The van der Waals surface area contributed by atoms with E-state index in [2.05, 4.69) is 24.4 Å². The van der Waals surface area contributed by atoms with Gasteiger partial charge in [0.2, 0.25) is 0 Å². The van der Waals surface area contributed by atoms with Gasteiger partial charge in [-0.05, 0) is 61.8 Å². The molecule has 1 fully saturated rings. The average Bonchev–Trinajstić information content (AvgIpc) is 3.04. The highest BCUT2D eigenvalue weighted by molar-refractivity contribution is 6.30. The van der Waals surface area contributed by atoms with Crippen molar-refractivity contribution in [2.24, 2.45) is 5.92 Å². The van der Waals surface area contributed by atoms with Crippen LogP contribution < -0.4 is 5.32 Å². The lowest BCUT2D eigenvalue weighted by Gasteiger charge is -2.20. The SMILES string of the molecule is CC(NC1CCc2ccc(Cl)cc21)C1CC1. The van der Waals surface area contributed by atoms with E-state index in [-0.39, 0.29) is 0 Å². The highest BCUT2D eigenvalue weighted by Gasteiger charge is 2.31. The number of benzene rings is 1. The summed E-state index contributed by atoms with van der Waals surface area (Å²) in [5.74, 6) is 0.920. The van der Waals surface area contributed by atoms with Gasteiger partial charge in [-0.15, -0.1) is 0 Å². The lowest BCUT2D eigenvalue weighted by molar-refractivity contribution is 0.421. The molecule has 0 saturated heterocycles. The van der Waals surface area contributed by atoms with E-state index in [0.717, 1.165) is 10.9 Å². The second kappa shape index (κ2) is 4.05. The van der Waals surface area contributed by atoms with Gasteiger partial charge in [0, 0.05) is 17.1 Å². The summed E-state index contributed by atoms with van der Waals surface area (Å²) in [5, 5.41) is 4.63. The van der Waals surface area contributed by atoms with Crippen LogP contribution in [0.2, 0.25) is 5.02 Å². The van der Waals surface area contributed by atoms with Gasteiger partial charge in [0.15, 0.2) is 0 Å². The van der Waals surface area contributed by atoms with Crippen molar-refractivity contribution in [2.45, 2.75) is 44.7 Å². The van der Waals surface area contributed by atoms with Crippen LogP contribution in [0, 0.1) is 5.92 Å². The van der Waals surface area contributed by atoms with Crippen LogP contribution in [-0.2, 0) is 6.42 Å². The molecule has 2 aliphatic rings. The van der Waals surface area contributed by atoms with Crippen molar-refractivity contribution in [1.82, 2.24) is 5.32 Å². The molecule has 0 aliphatic heterocycles. The fourth-order valence-electron chi connectivity index (χ4n) is 2.80. The number of hydrogen-bond donors (Lipinski definition) is 1. The Hall–Kier alpha value is -0.530. The largest absolute Gasteiger partial charge is 0.307 e. The highest BCUT2D eigenvalue weighted by Crippen LogP contribution is 2.37. The fourth-order valence-corrected chi connectivity index (χ4v) is 2.98. The molecule has 0 aromatic heterocycles. The Morgan fingerprint density at radius 3 is 2.88 bits per heavy atom. The Bertz CT molecular complexity index is 398. The smallest absolute Gasteiger partial charge is 0.0409 e. The minimum absolute atomic E-state index is 0.532. The van der Waals surface area contributed by atoms with Gasteiger partial charge >= 0.3 is 0 Å². The molecule has 1 saturated carbocycles. The van der Waals surface area contributed by atoms with Crippen LogP contribution in [-0.4, -0.2) is 6.04 Å². The summed E-state index contributed by atoms with van der Waals surface area (Å²) in [6.07, 6.45) is 5.24. The standard InChI is InChI=1S/C14H18ClN/c1-9(10-2-3-10)16-14-7-5-11-4-6-12(15)8-13(11)14/h4,6,8-10,14,16H,2-3,5,7H2,1H3. The van der Waals surface area contributed by atoms with E-state index in [9.17, 15) is 0 Å². The summed E-state index contributed by atoms with van der Waals surface area (Å²) >= 11 is 6.07. The van der Waals surface area contributed by atoms with Gasteiger partial charge in [-0.2, -0.15) is 0 Å². The summed E-state index contributed by atoms with van der Waals surface area (Å²) in [4.78, 5) is 0. The molecular weight excluding hydrogens is 218 g/mol. The molecule has 2 unspecified atom stereocenters. The van der Waals surface area contributed by atoms with E-state index >= 15 is 0 Å². The molecule has 0 bridgehead atoms. The third-order valence-electron chi connectivity index (χ3n) is 3.98. The normalized spacial score (nSPS) is 25.5. The Kier molecular flexibility index (Phi) is 2.68. The number of aryl methyl sites for hydroxylation is 1. The van der Waals surface area contributed by atoms with E-state index < -0.39 is 0 Å². The second-order valence-corrected chi connectivity index (χ2v) is 5.66. The zero-order chi connectivity index (χ0) is 11.1. The third kappa shape index (κ3) is 1.99. The predicted octanol–water partition coefficient (Wildman–Crippen LogP) is 3.72.